The molecule has 1 aromatic carbocycles. The molecule has 2 heterocycles. The number of halogens is 1. The molecule has 3 rings (SSSR count). The molecule has 1 saturated heterocycles. The van der Waals surface area contributed by atoms with E-state index in [9.17, 15) is 4.79 Å². The van der Waals surface area contributed by atoms with E-state index in [1.807, 2.05) is 30.3 Å². The summed E-state index contributed by atoms with van der Waals surface area (Å²) in [6.07, 6.45) is 2.15. The Kier molecular flexibility index (Phi) is 6.74. The maximum Gasteiger partial charge on any atom is 0.410 e. The van der Waals surface area contributed by atoms with E-state index in [0.717, 1.165) is 21.5 Å². The van der Waals surface area contributed by atoms with E-state index in [1.165, 1.54) is 0 Å². The van der Waals surface area contributed by atoms with Crippen LogP contribution in [0.1, 0.15) is 44.6 Å². The molecule has 0 bridgehead atoms. The molecule has 6 nitrogen and oxygen atoms in total. The van der Waals surface area contributed by atoms with Crippen molar-refractivity contribution in [3.8, 4) is 0 Å². The zero-order valence-electron chi connectivity index (χ0n) is 17.7. The van der Waals surface area contributed by atoms with Crippen LogP contribution in [0.4, 0.5) is 4.79 Å². The lowest BCUT2D eigenvalue weighted by molar-refractivity contribution is 0.0872. The fourth-order valence-electron chi connectivity index (χ4n) is 3.22. The molecule has 0 aliphatic carbocycles. The molecule has 1 amide bonds. The van der Waals surface area contributed by atoms with Gasteiger partial charge in [0, 0.05) is 13.0 Å². The topological polar surface area (TPSA) is 67.5 Å². The van der Waals surface area contributed by atoms with Crippen molar-refractivity contribution in [1.29, 1.82) is 0 Å². The van der Waals surface area contributed by atoms with Crippen LogP contribution >= 0.6 is 22.6 Å². The molecular formula is C21H30IN3O3Si. The van der Waals surface area contributed by atoms with Crippen LogP contribution in [0, 0.1) is 3.70 Å². The van der Waals surface area contributed by atoms with Gasteiger partial charge in [0.1, 0.15) is 12.4 Å². The van der Waals surface area contributed by atoms with Crippen LogP contribution in [0.3, 0.4) is 0 Å². The first kappa shape index (κ1) is 22.3. The first-order valence-electron chi connectivity index (χ1n) is 9.92. The van der Waals surface area contributed by atoms with E-state index in [0.29, 0.717) is 6.54 Å². The van der Waals surface area contributed by atoms with E-state index in [2.05, 4.69) is 66.4 Å². The number of hydrogen-bond donors (Lipinski definition) is 1. The largest absolute Gasteiger partial charge is 0.445 e. The number of nitrogens with one attached hydrogen (secondary N) is 1. The van der Waals surface area contributed by atoms with Gasteiger partial charge in [-0.25, -0.2) is 9.78 Å². The van der Waals surface area contributed by atoms with Crippen LogP contribution in [0.15, 0.2) is 36.5 Å². The van der Waals surface area contributed by atoms with Gasteiger partial charge in [-0.2, -0.15) is 0 Å². The highest BCUT2D eigenvalue weighted by Gasteiger charge is 2.45. The summed E-state index contributed by atoms with van der Waals surface area (Å²) in [5.74, 6) is 0.785. The number of aromatic nitrogens is 2. The first-order valence-corrected chi connectivity index (χ1v) is 13.9. The fourth-order valence-corrected chi connectivity index (χ4v) is 5.00. The van der Waals surface area contributed by atoms with Crippen molar-refractivity contribution in [3.05, 3.63) is 51.6 Å². The Balaban J connectivity index is 1.74. The monoisotopic (exact) mass is 527 g/mol. The Labute approximate surface area is 187 Å². The number of imidazole rings is 1. The summed E-state index contributed by atoms with van der Waals surface area (Å²) in [5, 5.41) is 0.115. The maximum absolute atomic E-state index is 12.9. The van der Waals surface area contributed by atoms with Crippen molar-refractivity contribution < 1.29 is 14.0 Å². The molecule has 1 fully saturated rings. The summed E-state index contributed by atoms with van der Waals surface area (Å²) < 4.78 is 13.2. The van der Waals surface area contributed by atoms with Crippen LogP contribution in [0.2, 0.25) is 18.1 Å². The van der Waals surface area contributed by atoms with Gasteiger partial charge in [0.15, 0.2) is 8.32 Å². The van der Waals surface area contributed by atoms with Crippen LogP contribution in [-0.4, -0.2) is 41.9 Å². The summed E-state index contributed by atoms with van der Waals surface area (Å²) in [7, 11) is -1.94. The predicted molar refractivity (Wildman–Crippen MR) is 124 cm³/mol. The van der Waals surface area contributed by atoms with E-state index in [4.69, 9.17) is 9.16 Å². The molecule has 158 valence electrons. The quantitative estimate of drug-likeness (QED) is 0.413. The number of likely N-dealkylation sites (tertiary alicyclic amines) is 1. The molecule has 0 saturated carbocycles. The number of ether oxygens (including phenoxy) is 1. The van der Waals surface area contributed by atoms with Crippen molar-refractivity contribution in [2.24, 2.45) is 0 Å². The average molecular weight is 527 g/mol. The van der Waals surface area contributed by atoms with E-state index < -0.39 is 8.32 Å². The van der Waals surface area contributed by atoms with E-state index in [1.54, 1.807) is 11.1 Å². The Morgan fingerprint density at radius 3 is 2.59 bits per heavy atom. The second-order valence-corrected chi connectivity index (χ2v) is 15.0. The van der Waals surface area contributed by atoms with Crippen LogP contribution < -0.4 is 0 Å². The molecule has 29 heavy (non-hydrogen) atoms. The first-order chi connectivity index (χ1) is 13.6. The summed E-state index contributed by atoms with van der Waals surface area (Å²) in [5.41, 5.74) is 0.971. The summed E-state index contributed by atoms with van der Waals surface area (Å²) >= 11 is 2.20. The van der Waals surface area contributed by atoms with Gasteiger partial charge in [-0.05, 0) is 46.3 Å². The second kappa shape index (κ2) is 8.77. The van der Waals surface area contributed by atoms with Crippen LogP contribution in [-0.2, 0) is 15.8 Å². The second-order valence-electron chi connectivity index (χ2n) is 9.06. The van der Waals surface area contributed by atoms with Gasteiger partial charge in [-0.3, -0.25) is 4.90 Å². The molecule has 0 unspecified atom stereocenters. The average Bonchev–Trinajstić information content (AvgIpc) is 3.25. The molecule has 2 aromatic rings. The predicted octanol–water partition coefficient (Wildman–Crippen LogP) is 5.49. The number of benzene rings is 1. The molecule has 0 radical (unpaired) electrons. The zero-order valence-corrected chi connectivity index (χ0v) is 20.9. The lowest BCUT2D eigenvalue weighted by atomic mass is 10.2. The number of amides is 1. The molecule has 8 heteroatoms. The summed E-state index contributed by atoms with van der Waals surface area (Å²) in [6.45, 7) is 11.9. The van der Waals surface area contributed by atoms with Gasteiger partial charge in [0.25, 0.3) is 0 Å². The number of hydrogen-bond acceptors (Lipinski definition) is 4. The highest BCUT2D eigenvalue weighted by Crippen LogP contribution is 2.41. The third-order valence-electron chi connectivity index (χ3n) is 5.85. The Bertz CT molecular complexity index is 835. The SMILES string of the molecule is CC(C)(C)[Si](C)(C)O[C@@H]1C[C@@H](c2ncc(I)[nH]2)N(C(=O)OCc2ccccc2)C1. The molecule has 1 aliphatic rings. The van der Waals surface area contributed by atoms with Crippen LogP contribution in [0.25, 0.3) is 0 Å². The third-order valence-corrected chi connectivity index (χ3v) is 10.9. The molecule has 1 aliphatic heterocycles. The van der Waals surface area contributed by atoms with Crippen molar-refractivity contribution >= 4 is 37.0 Å². The summed E-state index contributed by atoms with van der Waals surface area (Å²) in [6, 6.07) is 9.56. The minimum atomic E-state index is -1.94. The van der Waals surface area contributed by atoms with Crippen molar-refractivity contribution in [2.45, 2.75) is 64.1 Å². The molecule has 2 atom stereocenters. The number of H-pyrrole nitrogens is 1. The number of aromatic amines is 1. The standard InChI is InChI=1S/C21H30IN3O3Si/c1-21(2,3)29(4,5)28-16-11-17(19-23-12-18(22)24-19)25(13-16)20(26)27-14-15-9-7-6-8-10-15/h6-10,12,16-17H,11,13-14H2,1-5H3,(H,23,24)/t16-,17+/m1/s1. The highest BCUT2D eigenvalue weighted by molar-refractivity contribution is 14.1. The smallest absolute Gasteiger partial charge is 0.410 e. The maximum atomic E-state index is 12.9. The minimum Gasteiger partial charge on any atom is -0.445 e. The number of carbonyl (C=O) groups excluding carboxylic acids is 1. The minimum absolute atomic E-state index is 0.0204. The Morgan fingerprint density at radius 1 is 1.31 bits per heavy atom. The number of rotatable bonds is 5. The summed E-state index contributed by atoms with van der Waals surface area (Å²) in [4.78, 5) is 22.4. The zero-order chi connectivity index (χ0) is 21.2. The molecular weight excluding hydrogens is 497 g/mol. The van der Waals surface area contributed by atoms with Crippen molar-refractivity contribution in [3.63, 3.8) is 0 Å². The van der Waals surface area contributed by atoms with Gasteiger partial charge < -0.3 is 14.1 Å². The molecule has 0 spiro atoms. The highest BCUT2D eigenvalue weighted by atomic mass is 127. The van der Waals surface area contributed by atoms with E-state index in [-0.39, 0.29) is 29.9 Å². The Hall–Kier alpha value is -1.39. The fraction of sp³-hybridized carbons (Fsp3) is 0.524. The number of nitrogens with zero attached hydrogens (tertiary/aromatic N) is 2. The van der Waals surface area contributed by atoms with Crippen LogP contribution in [0.5, 0.6) is 0 Å². The van der Waals surface area contributed by atoms with Gasteiger partial charge in [0.2, 0.25) is 0 Å². The van der Waals surface area contributed by atoms with Gasteiger partial charge in [0.05, 0.1) is 22.0 Å². The van der Waals surface area contributed by atoms with Crippen molar-refractivity contribution in [2.75, 3.05) is 6.54 Å². The normalized spacial score (nSPS) is 20.1. The van der Waals surface area contributed by atoms with E-state index >= 15 is 0 Å². The van der Waals surface area contributed by atoms with Gasteiger partial charge in [-0.1, -0.05) is 51.1 Å². The lowest BCUT2D eigenvalue weighted by Crippen LogP contribution is -2.44. The van der Waals surface area contributed by atoms with Gasteiger partial charge >= 0.3 is 6.09 Å². The number of carbonyl (C=O) groups is 1. The lowest BCUT2D eigenvalue weighted by Gasteiger charge is -2.38. The van der Waals surface area contributed by atoms with Gasteiger partial charge in [-0.15, -0.1) is 0 Å². The molecule has 1 aromatic heterocycles. The van der Waals surface area contributed by atoms with Crippen molar-refractivity contribution in [1.82, 2.24) is 14.9 Å². The molecule has 1 N–H and O–H groups in total. The Morgan fingerprint density at radius 2 is 2.00 bits per heavy atom. The third kappa shape index (κ3) is 5.40.